The van der Waals surface area contributed by atoms with Gasteiger partial charge in [-0.2, -0.15) is 11.8 Å². The first-order chi connectivity index (χ1) is 7.67. The average Bonchev–Trinajstić information content (AvgIpc) is 2.35. The second-order valence-corrected chi connectivity index (χ2v) is 5.85. The lowest BCUT2D eigenvalue weighted by molar-refractivity contribution is -0.141. The van der Waals surface area contributed by atoms with Gasteiger partial charge in [-0.15, -0.1) is 0 Å². The van der Waals surface area contributed by atoms with Crippen molar-refractivity contribution in [3.63, 3.8) is 0 Å². The van der Waals surface area contributed by atoms with Gasteiger partial charge in [-0.05, 0) is 31.6 Å². The molecule has 0 aromatic carbocycles. The Labute approximate surface area is 102 Å². The van der Waals surface area contributed by atoms with Crippen LogP contribution in [0, 0.1) is 5.92 Å². The van der Waals surface area contributed by atoms with E-state index in [-0.39, 0.29) is 5.97 Å². The summed E-state index contributed by atoms with van der Waals surface area (Å²) < 4.78 is 4.61. The van der Waals surface area contributed by atoms with E-state index >= 15 is 0 Å². The molecule has 94 valence electrons. The molecule has 0 aliphatic heterocycles. The molecule has 1 rings (SSSR count). The van der Waals surface area contributed by atoms with Crippen LogP contribution in [0.1, 0.15) is 39.0 Å². The molecular formula is C12H23NO2S. The molecule has 1 fully saturated rings. The van der Waals surface area contributed by atoms with Gasteiger partial charge in [0.25, 0.3) is 0 Å². The van der Waals surface area contributed by atoms with Crippen LogP contribution < -0.4 is 5.73 Å². The number of carbonyl (C=O) groups excluding carboxylic acids is 1. The summed E-state index contributed by atoms with van der Waals surface area (Å²) in [5.74, 6) is 1.31. The molecule has 16 heavy (non-hydrogen) atoms. The number of ether oxygens (including phenoxy) is 1. The molecule has 1 unspecified atom stereocenters. The predicted octanol–water partition coefficient (Wildman–Crippen LogP) is 2.19. The second-order valence-electron chi connectivity index (χ2n) is 4.51. The third-order valence-corrected chi connectivity index (χ3v) is 4.88. The summed E-state index contributed by atoms with van der Waals surface area (Å²) in [6.45, 7) is 2.27. The quantitative estimate of drug-likeness (QED) is 0.754. The van der Waals surface area contributed by atoms with E-state index in [9.17, 15) is 4.79 Å². The van der Waals surface area contributed by atoms with Gasteiger partial charge in [-0.3, -0.25) is 4.79 Å². The molecule has 1 atom stereocenters. The third kappa shape index (κ3) is 4.34. The first-order valence-electron chi connectivity index (χ1n) is 6.12. The van der Waals surface area contributed by atoms with Gasteiger partial charge >= 0.3 is 5.97 Å². The van der Waals surface area contributed by atoms with E-state index in [4.69, 9.17) is 5.73 Å². The van der Waals surface area contributed by atoms with E-state index in [1.807, 2.05) is 11.8 Å². The highest BCUT2D eigenvalue weighted by Crippen LogP contribution is 2.33. The van der Waals surface area contributed by atoms with Crippen molar-refractivity contribution in [3.05, 3.63) is 0 Å². The van der Waals surface area contributed by atoms with Crippen molar-refractivity contribution >= 4 is 17.7 Å². The van der Waals surface area contributed by atoms with Crippen LogP contribution in [0.5, 0.6) is 0 Å². The first-order valence-corrected chi connectivity index (χ1v) is 7.17. The molecule has 0 aromatic rings. The van der Waals surface area contributed by atoms with Gasteiger partial charge in [0.1, 0.15) is 6.04 Å². The third-order valence-electron chi connectivity index (χ3n) is 3.39. The maximum absolute atomic E-state index is 11.1. The molecule has 2 N–H and O–H groups in total. The van der Waals surface area contributed by atoms with Crippen LogP contribution in [0.25, 0.3) is 0 Å². The zero-order valence-corrected chi connectivity index (χ0v) is 11.1. The predicted molar refractivity (Wildman–Crippen MR) is 68.5 cm³/mol. The Morgan fingerprint density at radius 3 is 2.56 bits per heavy atom. The van der Waals surface area contributed by atoms with Crippen LogP contribution in [-0.2, 0) is 9.53 Å². The number of carbonyl (C=O) groups is 1. The molecule has 0 aromatic heterocycles. The highest BCUT2D eigenvalue weighted by molar-refractivity contribution is 7.99. The molecule has 0 spiro atoms. The maximum atomic E-state index is 11.1. The lowest BCUT2D eigenvalue weighted by Gasteiger charge is -2.27. The average molecular weight is 245 g/mol. The van der Waals surface area contributed by atoms with Crippen LogP contribution in [-0.4, -0.2) is 30.1 Å². The Bertz CT molecular complexity index is 215. The Morgan fingerprint density at radius 1 is 1.44 bits per heavy atom. The summed E-state index contributed by atoms with van der Waals surface area (Å²) >= 11 is 1.84. The number of methoxy groups -OCH3 is 1. The van der Waals surface area contributed by atoms with Gasteiger partial charge in [-0.1, -0.05) is 13.3 Å². The summed E-state index contributed by atoms with van der Waals surface area (Å²) in [7, 11) is 1.39. The Hall–Kier alpha value is -0.220. The summed E-state index contributed by atoms with van der Waals surface area (Å²) in [6.07, 6.45) is 6.52. The molecule has 4 heteroatoms. The van der Waals surface area contributed by atoms with Gasteiger partial charge in [0, 0.05) is 11.0 Å². The van der Waals surface area contributed by atoms with Crippen molar-refractivity contribution in [2.75, 3.05) is 12.9 Å². The van der Waals surface area contributed by atoms with Crippen LogP contribution in [0.15, 0.2) is 0 Å². The fraction of sp³-hybridized carbons (Fsp3) is 0.917. The lowest BCUT2D eigenvalue weighted by Crippen LogP contribution is -2.34. The molecule has 1 aliphatic carbocycles. The van der Waals surface area contributed by atoms with Crippen molar-refractivity contribution in [2.24, 2.45) is 11.7 Å². The topological polar surface area (TPSA) is 52.3 Å². The van der Waals surface area contributed by atoms with E-state index < -0.39 is 6.04 Å². The fourth-order valence-corrected chi connectivity index (χ4v) is 3.39. The van der Waals surface area contributed by atoms with Gasteiger partial charge in [0.05, 0.1) is 7.11 Å². The standard InChI is InChI=1S/C12H23NO2S/c1-3-9-4-6-10(7-5-9)16-8-11(13)12(14)15-2/h9-11H,3-8,13H2,1-2H3. The van der Waals surface area contributed by atoms with Crippen molar-refractivity contribution in [3.8, 4) is 0 Å². The van der Waals surface area contributed by atoms with Crippen LogP contribution in [0.3, 0.4) is 0 Å². The minimum Gasteiger partial charge on any atom is -0.468 e. The van der Waals surface area contributed by atoms with Crippen molar-refractivity contribution < 1.29 is 9.53 Å². The smallest absolute Gasteiger partial charge is 0.323 e. The molecule has 0 saturated heterocycles. The van der Waals surface area contributed by atoms with E-state index in [1.54, 1.807) is 0 Å². The normalized spacial score (nSPS) is 27.4. The van der Waals surface area contributed by atoms with Gasteiger partial charge in [0.15, 0.2) is 0 Å². The number of esters is 1. The Morgan fingerprint density at radius 2 is 2.06 bits per heavy atom. The first kappa shape index (κ1) is 13.8. The summed E-state index contributed by atoms with van der Waals surface area (Å²) in [4.78, 5) is 11.1. The molecule has 1 saturated carbocycles. The van der Waals surface area contributed by atoms with Gasteiger partial charge in [0.2, 0.25) is 0 Å². The summed E-state index contributed by atoms with van der Waals surface area (Å²) in [6, 6.07) is -0.459. The lowest BCUT2D eigenvalue weighted by atomic mass is 9.87. The molecular weight excluding hydrogens is 222 g/mol. The SMILES string of the molecule is CCC1CCC(SCC(N)C(=O)OC)CC1. The minimum atomic E-state index is -0.459. The zero-order valence-electron chi connectivity index (χ0n) is 10.3. The number of thioether (sulfide) groups is 1. The molecule has 3 nitrogen and oxygen atoms in total. The number of rotatable bonds is 5. The van der Waals surface area contributed by atoms with E-state index in [1.165, 1.54) is 39.2 Å². The van der Waals surface area contributed by atoms with E-state index in [0.717, 1.165) is 5.92 Å². The minimum absolute atomic E-state index is 0.297. The fourth-order valence-electron chi connectivity index (χ4n) is 2.17. The van der Waals surface area contributed by atoms with Gasteiger partial charge in [-0.25, -0.2) is 0 Å². The van der Waals surface area contributed by atoms with Crippen LogP contribution in [0.2, 0.25) is 0 Å². The largest absolute Gasteiger partial charge is 0.468 e. The number of hydrogen-bond acceptors (Lipinski definition) is 4. The number of hydrogen-bond donors (Lipinski definition) is 1. The van der Waals surface area contributed by atoms with Crippen molar-refractivity contribution in [1.29, 1.82) is 0 Å². The Kier molecular flexibility index (Phi) is 6.21. The molecule has 0 bridgehead atoms. The number of nitrogens with two attached hydrogens (primary N) is 1. The molecule has 0 amide bonds. The highest BCUT2D eigenvalue weighted by atomic mass is 32.2. The van der Waals surface area contributed by atoms with E-state index in [0.29, 0.717) is 11.0 Å². The van der Waals surface area contributed by atoms with Crippen LogP contribution >= 0.6 is 11.8 Å². The summed E-state index contributed by atoms with van der Waals surface area (Å²) in [5.41, 5.74) is 5.70. The molecule has 1 aliphatic rings. The van der Waals surface area contributed by atoms with Crippen LogP contribution in [0.4, 0.5) is 0 Å². The molecule has 0 radical (unpaired) electrons. The van der Waals surface area contributed by atoms with Gasteiger partial charge < -0.3 is 10.5 Å². The zero-order chi connectivity index (χ0) is 12.0. The van der Waals surface area contributed by atoms with E-state index in [2.05, 4.69) is 11.7 Å². The van der Waals surface area contributed by atoms with Crippen molar-refractivity contribution in [1.82, 2.24) is 0 Å². The molecule has 0 heterocycles. The maximum Gasteiger partial charge on any atom is 0.323 e. The summed E-state index contributed by atoms with van der Waals surface area (Å²) in [5, 5.41) is 0.693. The second kappa shape index (κ2) is 7.17. The highest BCUT2D eigenvalue weighted by Gasteiger charge is 2.22. The Balaban J connectivity index is 2.17. The van der Waals surface area contributed by atoms with Crippen molar-refractivity contribution in [2.45, 2.75) is 50.3 Å². The monoisotopic (exact) mass is 245 g/mol.